The summed E-state index contributed by atoms with van der Waals surface area (Å²) in [4.78, 5) is 22.4. The summed E-state index contributed by atoms with van der Waals surface area (Å²) in [7, 11) is -11.8. The number of hydrogen-bond donors (Lipinski definition) is 6. The third-order valence-electron chi connectivity index (χ3n) is 9.55. The summed E-state index contributed by atoms with van der Waals surface area (Å²) in [5.41, 5.74) is 0.295. The van der Waals surface area contributed by atoms with Crippen LogP contribution in [0.5, 0.6) is 17.2 Å². The lowest BCUT2D eigenvalue weighted by molar-refractivity contribution is -0.114. The molecule has 0 aliphatic heterocycles. The SMILES string of the molecule is COc1cc(N=Nc2cc3nn(-c4ccc(S(=O)(=O)O)cc4)nc3cc2S(=O)(=O)O)c(NC(C)=O)cc1/N=N\c1cc(OC)c(/N=N\c2c(S(=O)(=O)O)cc3cc(NC=O)ccc3c2O)cc1C. The Balaban J connectivity index is 1.22. The van der Waals surface area contributed by atoms with Gasteiger partial charge in [0.2, 0.25) is 12.3 Å². The van der Waals surface area contributed by atoms with E-state index in [4.69, 9.17) is 9.47 Å². The van der Waals surface area contributed by atoms with Gasteiger partial charge in [0, 0.05) is 30.1 Å². The zero-order chi connectivity index (χ0) is 49.3. The van der Waals surface area contributed by atoms with E-state index in [-0.39, 0.29) is 78.0 Å². The number of aromatic hydroxyl groups is 1. The van der Waals surface area contributed by atoms with Gasteiger partial charge in [0.05, 0.1) is 36.2 Å². The average Bonchev–Trinajstić information content (AvgIpc) is 3.70. The van der Waals surface area contributed by atoms with Crippen molar-refractivity contribution in [3.05, 3.63) is 90.5 Å². The number of aryl methyl sites for hydroxylation is 1. The van der Waals surface area contributed by atoms with E-state index in [9.17, 15) is 53.6 Å². The quantitative estimate of drug-likeness (QED) is 0.0321. The molecule has 6 N–H and O–H groups in total. The van der Waals surface area contributed by atoms with Crippen molar-refractivity contribution in [2.75, 3.05) is 24.9 Å². The van der Waals surface area contributed by atoms with Gasteiger partial charge >= 0.3 is 0 Å². The number of benzene rings is 6. The molecule has 1 heterocycles. The Morgan fingerprint density at radius 3 is 1.84 bits per heavy atom. The van der Waals surface area contributed by atoms with Crippen molar-refractivity contribution in [2.45, 2.75) is 28.5 Å². The standard InChI is InChI=1S/C40H33N11O14S3/c1-20-11-32(46-48-39-38(68(61,62)63)13-22-12-23(41-19-52)5-10-26(22)40(39)54)35(64-3)16-27(20)43-45-33-14-28(42-21(2)53)29(17-36(33)65-4)44-47-34-15-30-31(18-37(34)67(58,59)60)50-51(49-30)24-6-8-25(9-7-24)66(55,56)57/h5-19,54H,1-4H3,(H,41,52)(H,42,53)(H,55,56,57)(H,58,59,60)(H,61,62,63)/b45-43-,47-44?,48-46-. The molecule has 0 saturated heterocycles. The Morgan fingerprint density at radius 2 is 1.24 bits per heavy atom. The van der Waals surface area contributed by atoms with Gasteiger partial charge in [-0.1, -0.05) is 0 Å². The number of aromatic nitrogens is 3. The van der Waals surface area contributed by atoms with Crippen LogP contribution in [0.15, 0.2) is 130 Å². The number of carbonyl (C=O) groups is 2. The van der Waals surface area contributed by atoms with Crippen molar-refractivity contribution in [1.82, 2.24) is 15.0 Å². The number of nitrogens with zero attached hydrogens (tertiary/aromatic N) is 9. The van der Waals surface area contributed by atoms with E-state index < -0.39 is 63.2 Å². The number of ether oxygens (including phenoxy) is 2. The number of phenols is 1. The second kappa shape index (κ2) is 18.6. The van der Waals surface area contributed by atoms with Gasteiger partial charge < -0.3 is 25.2 Å². The Morgan fingerprint density at radius 1 is 0.662 bits per heavy atom. The van der Waals surface area contributed by atoms with Crippen molar-refractivity contribution in [2.24, 2.45) is 30.7 Å². The fourth-order valence-electron chi connectivity index (χ4n) is 6.39. The lowest BCUT2D eigenvalue weighted by Crippen LogP contribution is -2.06. The van der Waals surface area contributed by atoms with E-state index in [1.807, 2.05) is 0 Å². The molecule has 350 valence electrons. The molecule has 0 fully saturated rings. The third-order valence-corrected chi connectivity index (χ3v) is 12.2. The maximum atomic E-state index is 12.5. The minimum Gasteiger partial charge on any atom is -0.505 e. The van der Waals surface area contributed by atoms with Crippen molar-refractivity contribution in [3.63, 3.8) is 0 Å². The third kappa shape index (κ3) is 10.3. The number of carbonyl (C=O) groups excluding carboxylic acids is 2. The first-order valence-electron chi connectivity index (χ1n) is 19.0. The number of hydrogen-bond acceptors (Lipinski definition) is 19. The van der Waals surface area contributed by atoms with E-state index in [2.05, 4.69) is 51.5 Å². The van der Waals surface area contributed by atoms with Crippen LogP contribution in [0.3, 0.4) is 0 Å². The molecule has 0 atom stereocenters. The lowest BCUT2D eigenvalue weighted by Gasteiger charge is -2.11. The molecular formula is C40H33N11O14S3. The first-order chi connectivity index (χ1) is 32.1. The highest BCUT2D eigenvalue weighted by Gasteiger charge is 2.24. The van der Waals surface area contributed by atoms with Crippen molar-refractivity contribution in [3.8, 4) is 22.9 Å². The molecule has 2 amide bonds. The molecule has 6 aromatic carbocycles. The van der Waals surface area contributed by atoms with Gasteiger partial charge in [-0.2, -0.15) is 35.2 Å². The number of fused-ring (bicyclic) bond motifs is 2. The molecule has 25 nitrogen and oxygen atoms in total. The summed E-state index contributed by atoms with van der Waals surface area (Å²) in [6.07, 6.45) is 0.408. The topological polar surface area (TPSA) is 365 Å². The number of azo groups is 3. The van der Waals surface area contributed by atoms with Gasteiger partial charge in [-0.05, 0) is 90.7 Å². The highest BCUT2D eigenvalue weighted by molar-refractivity contribution is 7.86. The van der Waals surface area contributed by atoms with E-state index in [1.54, 1.807) is 6.92 Å². The monoisotopic (exact) mass is 987 g/mol. The van der Waals surface area contributed by atoms with Crippen LogP contribution >= 0.6 is 0 Å². The van der Waals surface area contributed by atoms with Crippen LogP contribution in [0.1, 0.15) is 12.5 Å². The van der Waals surface area contributed by atoms with Crippen molar-refractivity contribution >= 4 is 110 Å². The number of phenolic OH excluding ortho intramolecular Hbond substituents is 1. The summed E-state index contributed by atoms with van der Waals surface area (Å²) < 4.78 is 113. The summed E-state index contributed by atoms with van der Waals surface area (Å²) in [5.74, 6) is -1.08. The van der Waals surface area contributed by atoms with Crippen LogP contribution < -0.4 is 20.1 Å². The smallest absolute Gasteiger partial charge is 0.296 e. The van der Waals surface area contributed by atoms with Gasteiger partial charge in [0.1, 0.15) is 60.8 Å². The maximum Gasteiger partial charge on any atom is 0.296 e. The van der Waals surface area contributed by atoms with Crippen LogP contribution in [0.25, 0.3) is 27.5 Å². The highest BCUT2D eigenvalue weighted by atomic mass is 32.2. The van der Waals surface area contributed by atoms with E-state index >= 15 is 0 Å². The molecule has 68 heavy (non-hydrogen) atoms. The average molecular weight is 988 g/mol. The zero-order valence-corrected chi connectivity index (χ0v) is 37.7. The van der Waals surface area contributed by atoms with Crippen LogP contribution in [0, 0.1) is 6.92 Å². The van der Waals surface area contributed by atoms with Crippen LogP contribution in [-0.2, 0) is 39.9 Å². The Bertz CT molecular complexity index is 3660. The number of methoxy groups -OCH3 is 2. The molecule has 28 heteroatoms. The van der Waals surface area contributed by atoms with Gasteiger partial charge in [0.25, 0.3) is 30.4 Å². The Hall–Kier alpha value is -8.15. The largest absolute Gasteiger partial charge is 0.505 e. The molecule has 0 unspecified atom stereocenters. The summed E-state index contributed by atoms with van der Waals surface area (Å²) in [5, 5.41) is 49.7. The second-order valence-electron chi connectivity index (χ2n) is 14.1. The Kier molecular flexibility index (Phi) is 13.1. The number of rotatable bonds is 15. The zero-order valence-electron chi connectivity index (χ0n) is 35.3. The first kappa shape index (κ1) is 47.8. The molecule has 0 saturated carbocycles. The van der Waals surface area contributed by atoms with Crippen LogP contribution in [0.2, 0.25) is 0 Å². The molecule has 0 bridgehead atoms. The van der Waals surface area contributed by atoms with Crippen LogP contribution in [0.4, 0.5) is 45.5 Å². The molecule has 7 aromatic rings. The van der Waals surface area contributed by atoms with Gasteiger partial charge in [-0.3, -0.25) is 23.2 Å². The van der Waals surface area contributed by atoms with Crippen molar-refractivity contribution in [1.29, 1.82) is 0 Å². The molecule has 1 aromatic heterocycles. The Labute approximate surface area is 384 Å². The molecule has 0 aliphatic carbocycles. The van der Waals surface area contributed by atoms with E-state index in [0.717, 1.165) is 35.1 Å². The molecule has 7 rings (SSSR count). The summed E-state index contributed by atoms with van der Waals surface area (Å²) in [6.45, 7) is 2.83. The highest BCUT2D eigenvalue weighted by Crippen LogP contribution is 2.45. The van der Waals surface area contributed by atoms with Crippen molar-refractivity contribution < 1.29 is 63.1 Å². The number of anilines is 2. The molecule has 0 spiro atoms. The van der Waals surface area contributed by atoms with Gasteiger partial charge in [0.15, 0.2) is 5.75 Å². The first-order valence-corrected chi connectivity index (χ1v) is 23.3. The fraction of sp³-hybridized carbons (Fsp3) is 0.100. The minimum atomic E-state index is -4.96. The second-order valence-corrected chi connectivity index (χ2v) is 18.3. The predicted molar refractivity (Wildman–Crippen MR) is 241 cm³/mol. The molecule has 0 aliphatic rings. The van der Waals surface area contributed by atoms with Gasteiger partial charge in [-0.15, -0.1) is 35.8 Å². The fourth-order valence-corrected chi connectivity index (χ4v) is 8.15. The van der Waals surface area contributed by atoms with Crippen LogP contribution in [-0.4, -0.2) is 85.5 Å². The number of nitrogens with one attached hydrogen (secondary N) is 2. The van der Waals surface area contributed by atoms with E-state index in [1.165, 1.54) is 75.7 Å². The lowest BCUT2D eigenvalue weighted by atomic mass is 10.1. The maximum absolute atomic E-state index is 12.5. The number of amides is 2. The minimum absolute atomic E-state index is 0.00843. The molecule has 0 radical (unpaired) electrons. The summed E-state index contributed by atoms with van der Waals surface area (Å²) in [6, 6.07) is 17.8. The van der Waals surface area contributed by atoms with E-state index in [0.29, 0.717) is 12.0 Å². The predicted octanol–water partition coefficient (Wildman–Crippen LogP) is 8.12. The van der Waals surface area contributed by atoms with Gasteiger partial charge in [-0.25, -0.2) is 0 Å². The normalized spacial score (nSPS) is 12.4. The summed E-state index contributed by atoms with van der Waals surface area (Å²) >= 11 is 0. The molecular weight excluding hydrogens is 955 g/mol.